The minimum Gasteiger partial charge on any atom is -0.480 e. The van der Waals surface area contributed by atoms with Crippen LogP contribution in [-0.2, 0) is 9.59 Å². The van der Waals surface area contributed by atoms with Crippen molar-refractivity contribution in [1.29, 1.82) is 0 Å². The Morgan fingerprint density at radius 3 is 2.71 bits per heavy atom. The second kappa shape index (κ2) is 6.93. The van der Waals surface area contributed by atoms with Crippen LogP contribution in [0.5, 0.6) is 0 Å². The third-order valence-corrected chi connectivity index (χ3v) is 5.49. The van der Waals surface area contributed by atoms with Crippen molar-refractivity contribution < 1.29 is 14.7 Å². The van der Waals surface area contributed by atoms with Crippen molar-refractivity contribution in [2.24, 2.45) is 5.92 Å². The normalized spacial score (nSPS) is 26.8. The monoisotopic (exact) mass is 330 g/mol. The minimum atomic E-state index is -0.802. The van der Waals surface area contributed by atoms with Gasteiger partial charge in [0.25, 0.3) is 0 Å². The first-order valence-electron chi connectivity index (χ1n) is 8.81. The van der Waals surface area contributed by atoms with Crippen LogP contribution in [0.15, 0.2) is 18.2 Å². The maximum atomic E-state index is 12.5. The van der Waals surface area contributed by atoms with E-state index in [0.29, 0.717) is 12.3 Å². The van der Waals surface area contributed by atoms with Gasteiger partial charge in [0, 0.05) is 11.7 Å². The van der Waals surface area contributed by atoms with Crippen molar-refractivity contribution in [3.63, 3.8) is 0 Å². The van der Waals surface area contributed by atoms with E-state index in [4.69, 9.17) is 0 Å². The van der Waals surface area contributed by atoms with E-state index in [-0.39, 0.29) is 18.5 Å². The molecule has 24 heavy (non-hydrogen) atoms. The average Bonchev–Trinajstić information content (AvgIpc) is 2.89. The molecule has 0 radical (unpaired) electrons. The first kappa shape index (κ1) is 17.0. The highest BCUT2D eigenvalue weighted by Gasteiger charge is 2.45. The lowest BCUT2D eigenvalue weighted by atomic mass is 9.85. The molecule has 1 aromatic rings. The van der Waals surface area contributed by atoms with Crippen LogP contribution in [0.25, 0.3) is 0 Å². The summed E-state index contributed by atoms with van der Waals surface area (Å²) in [6, 6.07) is 5.62. The van der Waals surface area contributed by atoms with E-state index in [1.165, 1.54) is 6.42 Å². The molecule has 1 aliphatic carbocycles. The predicted octanol–water partition coefficient (Wildman–Crippen LogP) is 2.96. The van der Waals surface area contributed by atoms with Crippen LogP contribution in [0.4, 0.5) is 5.69 Å². The van der Waals surface area contributed by atoms with E-state index < -0.39 is 12.0 Å². The van der Waals surface area contributed by atoms with Gasteiger partial charge in [-0.2, -0.15) is 0 Å². The van der Waals surface area contributed by atoms with Crippen molar-refractivity contribution in [2.45, 2.75) is 58.0 Å². The van der Waals surface area contributed by atoms with Gasteiger partial charge in [-0.3, -0.25) is 14.5 Å². The van der Waals surface area contributed by atoms with Gasteiger partial charge in [-0.25, -0.2) is 0 Å². The molecule has 3 unspecified atom stereocenters. The molecule has 1 amide bonds. The van der Waals surface area contributed by atoms with Crippen LogP contribution in [0.3, 0.4) is 0 Å². The maximum Gasteiger partial charge on any atom is 0.320 e. The Bertz CT molecular complexity index is 643. The zero-order chi connectivity index (χ0) is 17.3. The molecule has 5 heteroatoms. The number of amides is 1. The van der Waals surface area contributed by atoms with E-state index in [9.17, 15) is 14.7 Å². The lowest BCUT2D eigenvalue weighted by Gasteiger charge is -2.32. The molecule has 3 atom stereocenters. The van der Waals surface area contributed by atoms with Crippen molar-refractivity contribution in [3.05, 3.63) is 29.3 Å². The molecular formula is C19H26N2O3. The van der Waals surface area contributed by atoms with Crippen molar-refractivity contribution in [2.75, 3.05) is 11.9 Å². The van der Waals surface area contributed by atoms with Gasteiger partial charge >= 0.3 is 5.97 Å². The second-order valence-electron chi connectivity index (χ2n) is 7.24. The van der Waals surface area contributed by atoms with E-state index in [1.807, 2.05) is 36.9 Å². The summed E-state index contributed by atoms with van der Waals surface area (Å²) in [5.74, 6) is -0.503. The van der Waals surface area contributed by atoms with Gasteiger partial charge < -0.3 is 10.4 Å². The van der Waals surface area contributed by atoms with E-state index >= 15 is 0 Å². The topological polar surface area (TPSA) is 69.6 Å². The molecule has 5 nitrogen and oxygen atoms in total. The summed E-state index contributed by atoms with van der Waals surface area (Å²) < 4.78 is 0. The van der Waals surface area contributed by atoms with Gasteiger partial charge in [0.05, 0.1) is 6.54 Å². The van der Waals surface area contributed by atoms with Crippen LogP contribution < -0.4 is 5.32 Å². The Labute approximate surface area is 143 Å². The lowest BCUT2D eigenvalue weighted by Crippen LogP contribution is -2.46. The largest absolute Gasteiger partial charge is 0.480 e. The molecule has 2 aliphatic rings. The Morgan fingerprint density at radius 2 is 2.00 bits per heavy atom. The first-order valence-corrected chi connectivity index (χ1v) is 8.81. The number of nitrogens with one attached hydrogen (secondary N) is 1. The van der Waals surface area contributed by atoms with Crippen LogP contribution in [0.2, 0.25) is 0 Å². The number of anilines is 1. The van der Waals surface area contributed by atoms with Crippen LogP contribution in [0.1, 0.15) is 43.2 Å². The van der Waals surface area contributed by atoms with Gasteiger partial charge in [-0.05, 0) is 50.7 Å². The van der Waals surface area contributed by atoms with E-state index in [1.54, 1.807) is 0 Å². The molecular weight excluding hydrogens is 304 g/mol. The number of rotatable bonds is 4. The number of likely N-dealkylation sites (tertiary alicyclic amines) is 1. The number of carbonyl (C=O) groups is 2. The zero-order valence-corrected chi connectivity index (χ0v) is 14.4. The number of aliphatic carboxylic acids is 1. The highest BCUT2D eigenvalue weighted by Crippen LogP contribution is 2.39. The molecule has 130 valence electrons. The number of hydrogen-bond donors (Lipinski definition) is 2. The second-order valence-corrected chi connectivity index (χ2v) is 7.24. The standard InChI is InChI=1S/C19H26N2O3/c1-12-7-8-15(13(2)9-12)20-18(22)11-21-16-6-4-3-5-14(16)10-17(21)19(23)24/h7-9,14,16-17H,3-6,10-11H2,1-2H3,(H,20,22)(H,23,24). The van der Waals surface area contributed by atoms with Crippen LogP contribution in [0, 0.1) is 19.8 Å². The number of nitrogens with zero attached hydrogens (tertiary/aromatic N) is 1. The number of hydrogen-bond acceptors (Lipinski definition) is 3. The highest BCUT2D eigenvalue weighted by atomic mass is 16.4. The summed E-state index contributed by atoms with van der Waals surface area (Å²) in [6.45, 7) is 4.14. The number of aryl methyl sites for hydroxylation is 2. The van der Waals surface area contributed by atoms with Gasteiger partial charge in [-0.1, -0.05) is 30.5 Å². The number of benzene rings is 1. The molecule has 1 heterocycles. The lowest BCUT2D eigenvalue weighted by molar-refractivity contribution is -0.143. The highest BCUT2D eigenvalue weighted by molar-refractivity contribution is 5.93. The molecule has 1 aromatic carbocycles. The maximum absolute atomic E-state index is 12.5. The molecule has 2 N–H and O–H groups in total. The summed E-state index contributed by atoms with van der Waals surface area (Å²) in [7, 11) is 0. The van der Waals surface area contributed by atoms with Crippen LogP contribution >= 0.6 is 0 Å². The molecule has 0 aromatic heterocycles. The summed E-state index contributed by atoms with van der Waals surface area (Å²) in [5.41, 5.74) is 2.98. The average molecular weight is 330 g/mol. The Balaban J connectivity index is 1.70. The minimum absolute atomic E-state index is 0.126. The van der Waals surface area contributed by atoms with Gasteiger partial charge in [0.15, 0.2) is 0 Å². The Kier molecular flexibility index (Phi) is 4.90. The third-order valence-electron chi connectivity index (χ3n) is 5.49. The molecule has 0 bridgehead atoms. The quantitative estimate of drug-likeness (QED) is 0.890. The van der Waals surface area contributed by atoms with Crippen molar-refractivity contribution in [3.8, 4) is 0 Å². The fourth-order valence-corrected chi connectivity index (χ4v) is 4.33. The first-order chi connectivity index (χ1) is 11.5. The van der Waals surface area contributed by atoms with Gasteiger partial charge in [-0.15, -0.1) is 0 Å². The van der Waals surface area contributed by atoms with Crippen LogP contribution in [-0.4, -0.2) is 40.5 Å². The zero-order valence-electron chi connectivity index (χ0n) is 14.4. The van der Waals surface area contributed by atoms with Crippen molar-refractivity contribution >= 4 is 17.6 Å². The Morgan fingerprint density at radius 1 is 1.25 bits per heavy atom. The fraction of sp³-hybridized carbons (Fsp3) is 0.579. The number of carboxylic acids is 1. The molecule has 0 spiro atoms. The van der Waals surface area contributed by atoms with Gasteiger partial charge in [0.2, 0.25) is 5.91 Å². The summed E-state index contributed by atoms with van der Waals surface area (Å²) in [6.07, 6.45) is 5.07. The van der Waals surface area contributed by atoms with E-state index in [2.05, 4.69) is 5.32 Å². The fourth-order valence-electron chi connectivity index (χ4n) is 4.33. The van der Waals surface area contributed by atoms with E-state index in [0.717, 1.165) is 36.1 Å². The molecule has 1 aliphatic heterocycles. The van der Waals surface area contributed by atoms with Crippen molar-refractivity contribution in [1.82, 2.24) is 4.90 Å². The number of carbonyl (C=O) groups excluding carboxylic acids is 1. The smallest absolute Gasteiger partial charge is 0.320 e. The summed E-state index contributed by atoms with van der Waals surface area (Å²) in [5, 5.41) is 12.5. The number of fused-ring (bicyclic) bond motifs is 1. The SMILES string of the molecule is Cc1ccc(NC(=O)CN2C(C(=O)O)CC3CCCCC32)c(C)c1. The Hall–Kier alpha value is -1.88. The predicted molar refractivity (Wildman–Crippen MR) is 93.0 cm³/mol. The summed E-state index contributed by atoms with van der Waals surface area (Å²) in [4.78, 5) is 26.0. The number of carboxylic acid groups (broad SMARTS) is 1. The molecule has 3 rings (SSSR count). The third kappa shape index (κ3) is 3.46. The molecule has 1 saturated heterocycles. The van der Waals surface area contributed by atoms with Gasteiger partial charge in [0.1, 0.15) is 6.04 Å². The molecule has 2 fully saturated rings. The summed E-state index contributed by atoms with van der Waals surface area (Å²) >= 11 is 0. The molecule has 1 saturated carbocycles.